The molecule has 3 amide bonds. The molecular weight excluding hydrogens is 449 g/mol. The van der Waals surface area contributed by atoms with Gasteiger partial charge >= 0.3 is 12.1 Å². The topological polar surface area (TPSA) is 78.0 Å². The van der Waals surface area contributed by atoms with E-state index in [1.54, 1.807) is 15.9 Å². The van der Waals surface area contributed by atoms with E-state index in [0.29, 0.717) is 45.2 Å². The summed E-state index contributed by atoms with van der Waals surface area (Å²) in [7, 11) is 0. The molecule has 0 unspecified atom stereocenters. The van der Waals surface area contributed by atoms with Crippen molar-refractivity contribution >= 4 is 23.5 Å². The number of aromatic nitrogens is 1. The van der Waals surface area contributed by atoms with Crippen LogP contribution in [0.1, 0.15) is 39.3 Å². The average molecular weight is 484 g/mol. The highest BCUT2D eigenvalue weighted by Crippen LogP contribution is 2.33. The van der Waals surface area contributed by atoms with Crippen molar-refractivity contribution < 1.29 is 18.7 Å². The van der Waals surface area contributed by atoms with Crippen LogP contribution in [0.2, 0.25) is 0 Å². The Morgan fingerprint density at radius 3 is 2.43 bits per heavy atom. The molecule has 4 rings (SSSR count). The van der Waals surface area contributed by atoms with Crippen LogP contribution in [-0.4, -0.2) is 60.3 Å². The van der Waals surface area contributed by atoms with E-state index in [0.717, 1.165) is 29.9 Å². The number of urea groups is 1. The van der Waals surface area contributed by atoms with Gasteiger partial charge in [0.1, 0.15) is 11.4 Å². The van der Waals surface area contributed by atoms with Crippen molar-refractivity contribution in [1.82, 2.24) is 15.2 Å². The summed E-state index contributed by atoms with van der Waals surface area (Å²) in [5.74, 6) is -0.0372. The Bertz CT molecular complexity index is 1030. The van der Waals surface area contributed by atoms with Crippen LogP contribution in [0.3, 0.4) is 0 Å². The summed E-state index contributed by atoms with van der Waals surface area (Å²) in [5.41, 5.74) is 2.07. The Labute approximate surface area is 206 Å². The number of nitrogens with one attached hydrogen (secondary N) is 1. The van der Waals surface area contributed by atoms with E-state index in [9.17, 15) is 14.0 Å². The zero-order chi connectivity index (χ0) is 25.0. The number of pyridine rings is 1. The van der Waals surface area contributed by atoms with Crippen LogP contribution in [0.5, 0.6) is 0 Å². The molecule has 0 saturated carbocycles. The first-order valence-corrected chi connectivity index (χ1v) is 12.2. The number of anilines is 2. The minimum atomic E-state index is -0.502. The van der Waals surface area contributed by atoms with Crippen LogP contribution in [0.15, 0.2) is 42.6 Å². The molecule has 188 valence electrons. The normalized spacial score (nSPS) is 16.6. The van der Waals surface area contributed by atoms with Crippen LogP contribution in [0, 0.1) is 11.7 Å². The first kappa shape index (κ1) is 24.8. The number of ether oxygens (including phenoxy) is 1. The number of halogens is 1. The molecule has 1 fully saturated rings. The van der Waals surface area contributed by atoms with E-state index in [1.165, 1.54) is 12.3 Å². The number of nitrogens with zero attached hydrogens (tertiary/aromatic N) is 4. The lowest BCUT2D eigenvalue weighted by atomic mass is 9.97. The molecule has 0 bridgehead atoms. The Morgan fingerprint density at radius 1 is 1.06 bits per heavy atom. The maximum Gasteiger partial charge on any atom is 0.410 e. The summed E-state index contributed by atoms with van der Waals surface area (Å²) in [5, 5.41) is 3.10. The standard InChI is InChI=1S/C26H34FN5O3/c1-26(2,3)35-25(34)30-12-10-19(11-13-30)16-29-24(33)32-15-14-31(22-6-4-5-7-23(22)32)18-21-9-8-20(27)17-28-21/h4-9,17,19H,10-16,18H2,1-3H3,(H,29,33). The Kier molecular flexibility index (Phi) is 7.42. The minimum Gasteiger partial charge on any atom is -0.444 e. The van der Waals surface area contributed by atoms with E-state index in [4.69, 9.17) is 4.74 Å². The maximum atomic E-state index is 13.2. The van der Waals surface area contributed by atoms with Crippen LogP contribution in [-0.2, 0) is 11.3 Å². The molecule has 8 nitrogen and oxygen atoms in total. The summed E-state index contributed by atoms with van der Waals surface area (Å²) < 4.78 is 18.7. The van der Waals surface area contributed by atoms with Gasteiger partial charge in [-0.2, -0.15) is 0 Å². The summed E-state index contributed by atoms with van der Waals surface area (Å²) in [6.45, 7) is 9.17. The third-order valence-electron chi connectivity index (χ3n) is 6.30. The summed E-state index contributed by atoms with van der Waals surface area (Å²) in [4.78, 5) is 35.2. The van der Waals surface area contributed by atoms with E-state index in [-0.39, 0.29) is 17.9 Å². The fourth-order valence-electron chi connectivity index (χ4n) is 4.47. The molecule has 3 heterocycles. The van der Waals surface area contributed by atoms with Gasteiger partial charge in [0.25, 0.3) is 0 Å². The summed E-state index contributed by atoms with van der Waals surface area (Å²) in [6, 6.07) is 10.8. The second-order valence-electron chi connectivity index (χ2n) is 10.1. The lowest BCUT2D eigenvalue weighted by Gasteiger charge is -2.38. The predicted octanol–water partition coefficient (Wildman–Crippen LogP) is 4.40. The number of rotatable bonds is 4. The number of fused-ring (bicyclic) bond motifs is 1. The SMILES string of the molecule is CC(C)(C)OC(=O)N1CCC(CNC(=O)N2CCN(Cc3ccc(F)cn3)c3ccccc32)CC1. The van der Waals surface area contributed by atoms with Crippen molar-refractivity contribution in [3.05, 3.63) is 54.1 Å². The molecule has 2 aliphatic rings. The Morgan fingerprint density at radius 2 is 1.77 bits per heavy atom. The molecule has 35 heavy (non-hydrogen) atoms. The van der Waals surface area contributed by atoms with Crippen LogP contribution in [0.4, 0.5) is 25.4 Å². The van der Waals surface area contributed by atoms with Crippen molar-refractivity contribution in [2.45, 2.75) is 45.8 Å². The van der Waals surface area contributed by atoms with E-state index < -0.39 is 5.60 Å². The molecule has 0 atom stereocenters. The number of benzene rings is 1. The number of carbonyl (C=O) groups is 2. The van der Waals surface area contributed by atoms with Gasteiger partial charge < -0.3 is 19.9 Å². The zero-order valence-electron chi connectivity index (χ0n) is 20.7. The molecule has 2 aromatic rings. The smallest absolute Gasteiger partial charge is 0.410 e. The second kappa shape index (κ2) is 10.5. The minimum absolute atomic E-state index is 0.119. The molecule has 1 N–H and O–H groups in total. The van der Waals surface area contributed by atoms with Gasteiger partial charge in [0.15, 0.2) is 0 Å². The van der Waals surface area contributed by atoms with Crippen LogP contribution in [0.25, 0.3) is 0 Å². The third-order valence-corrected chi connectivity index (χ3v) is 6.30. The largest absolute Gasteiger partial charge is 0.444 e. The van der Waals surface area contributed by atoms with Gasteiger partial charge in [-0.15, -0.1) is 0 Å². The molecule has 0 radical (unpaired) electrons. The highest BCUT2D eigenvalue weighted by molar-refractivity contribution is 5.96. The zero-order valence-corrected chi connectivity index (χ0v) is 20.7. The number of hydrogen-bond acceptors (Lipinski definition) is 5. The third kappa shape index (κ3) is 6.41. The molecule has 9 heteroatoms. The van der Waals surface area contributed by atoms with E-state index in [1.807, 2.05) is 45.0 Å². The van der Waals surface area contributed by atoms with Gasteiger partial charge in [0, 0.05) is 32.7 Å². The predicted molar refractivity (Wildman–Crippen MR) is 133 cm³/mol. The lowest BCUT2D eigenvalue weighted by Crippen LogP contribution is -2.49. The van der Waals surface area contributed by atoms with Gasteiger partial charge in [-0.3, -0.25) is 9.88 Å². The van der Waals surface area contributed by atoms with Gasteiger partial charge in [-0.25, -0.2) is 14.0 Å². The number of likely N-dealkylation sites (tertiary alicyclic amines) is 1. The van der Waals surface area contributed by atoms with Crippen molar-refractivity contribution in [2.24, 2.45) is 5.92 Å². The molecule has 0 spiro atoms. The van der Waals surface area contributed by atoms with Gasteiger partial charge in [0.05, 0.1) is 29.8 Å². The number of carbonyl (C=O) groups excluding carboxylic acids is 2. The van der Waals surface area contributed by atoms with Crippen molar-refractivity contribution in [3.63, 3.8) is 0 Å². The fourth-order valence-corrected chi connectivity index (χ4v) is 4.47. The number of amides is 3. The first-order valence-electron chi connectivity index (χ1n) is 12.2. The molecule has 1 aromatic carbocycles. The lowest BCUT2D eigenvalue weighted by molar-refractivity contribution is 0.0184. The second-order valence-corrected chi connectivity index (χ2v) is 10.1. The Hall–Kier alpha value is -3.36. The maximum absolute atomic E-state index is 13.2. The molecule has 1 saturated heterocycles. The van der Waals surface area contributed by atoms with Crippen molar-refractivity contribution in [3.8, 4) is 0 Å². The van der Waals surface area contributed by atoms with E-state index >= 15 is 0 Å². The molecule has 1 aromatic heterocycles. The quantitative estimate of drug-likeness (QED) is 0.697. The molecule has 0 aliphatic carbocycles. The van der Waals surface area contributed by atoms with E-state index in [2.05, 4.69) is 15.2 Å². The highest BCUT2D eigenvalue weighted by Gasteiger charge is 2.29. The summed E-state index contributed by atoms with van der Waals surface area (Å²) >= 11 is 0. The monoisotopic (exact) mass is 483 g/mol. The van der Waals surface area contributed by atoms with Crippen molar-refractivity contribution in [1.29, 1.82) is 0 Å². The van der Waals surface area contributed by atoms with Crippen molar-refractivity contribution in [2.75, 3.05) is 42.5 Å². The van der Waals surface area contributed by atoms with Crippen LogP contribution >= 0.6 is 0 Å². The number of piperidine rings is 1. The summed E-state index contributed by atoms with van der Waals surface area (Å²) in [6.07, 6.45) is 2.61. The first-order chi connectivity index (χ1) is 16.7. The average Bonchev–Trinajstić information content (AvgIpc) is 2.83. The fraction of sp³-hybridized carbons (Fsp3) is 0.500. The Balaban J connectivity index is 1.31. The van der Waals surface area contributed by atoms with Crippen LogP contribution < -0.4 is 15.1 Å². The molecular formula is C26H34FN5O3. The number of hydrogen-bond donors (Lipinski definition) is 1. The van der Waals surface area contributed by atoms with Gasteiger partial charge in [-0.1, -0.05) is 12.1 Å². The molecule has 2 aliphatic heterocycles. The number of para-hydroxylation sites is 2. The highest BCUT2D eigenvalue weighted by atomic mass is 19.1. The van der Waals surface area contributed by atoms with Gasteiger partial charge in [0.2, 0.25) is 0 Å². The van der Waals surface area contributed by atoms with Gasteiger partial charge in [-0.05, 0) is 63.8 Å².